The lowest BCUT2D eigenvalue weighted by Crippen LogP contribution is -2.61. The number of nitrogens with one attached hydrogen (secondary N) is 3. The van der Waals surface area contributed by atoms with Crippen molar-refractivity contribution in [1.82, 2.24) is 25.8 Å². The van der Waals surface area contributed by atoms with Gasteiger partial charge in [0.15, 0.2) is 0 Å². The number of hydrogen-bond acceptors (Lipinski definition) is 10. The lowest BCUT2D eigenvalue weighted by Gasteiger charge is -2.40. The Bertz CT molecular complexity index is 1670. The molecule has 1 aliphatic heterocycles. The van der Waals surface area contributed by atoms with Gasteiger partial charge in [0.05, 0.1) is 18.5 Å². The summed E-state index contributed by atoms with van der Waals surface area (Å²) in [5.74, 6) is -5.78. The lowest BCUT2D eigenvalue weighted by atomic mass is 9.76. The van der Waals surface area contributed by atoms with Crippen LogP contribution in [0.5, 0.6) is 5.75 Å². The van der Waals surface area contributed by atoms with Crippen molar-refractivity contribution in [1.29, 1.82) is 0 Å². The number of carbonyl (C=O) groups is 8. The van der Waals surface area contributed by atoms with Crippen LogP contribution < -0.4 is 20.7 Å². The minimum atomic E-state index is -1.42. The first-order valence-electron chi connectivity index (χ1n) is 17.9. The third-order valence-electron chi connectivity index (χ3n) is 9.45. The minimum Gasteiger partial charge on any atom is -0.481 e. The Hall–Kier alpha value is -5.38. The first-order chi connectivity index (χ1) is 25.4. The Morgan fingerprint density at radius 2 is 1.45 bits per heavy atom. The zero-order valence-corrected chi connectivity index (χ0v) is 33.2. The van der Waals surface area contributed by atoms with Crippen LogP contribution in [0.15, 0.2) is 48.1 Å². The van der Waals surface area contributed by atoms with Gasteiger partial charge in [-0.15, -0.1) is 0 Å². The van der Waals surface area contributed by atoms with Gasteiger partial charge in [-0.3, -0.25) is 38.5 Å². The van der Waals surface area contributed by atoms with Crippen molar-refractivity contribution < 1.29 is 53.3 Å². The summed E-state index contributed by atoms with van der Waals surface area (Å²) in [5, 5.41) is 26.8. The lowest BCUT2D eigenvalue weighted by molar-refractivity contribution is -0.143. The third kappa shape index (κ3) is 12.6. The van der Waals surface area contributed by atoms with Gasteiger partial charge in [-0.05, 0) is 49.4 Å². The Labute approximate surface area is 321 Å². The molecule has 1 aromatic rings. The van der Waals surface area contributed by atoms with Crippen molar-refractivity contribution >= 4 is 47.4 Å². The number of rotatable bonds is 19. The second-order valence-electron chi connectivity index (χ2n) is 15.5. The highest BCUT2D eigenvalue weighted by Crippen LogP contribution is 2.30. The molecule has 16 nitrogen and oxygen atoms in total. The van der Waals surface area contributed by atoms with Crippen molar-refractivity contribution in [2.45, 2.75) is 104 Å². The Morgan fingerprint density at radius 3 is 1.93 bits per heavy atom. The van der Waals surface area contributed by atoms with E-state index in [9.17, 15) is 43.5 Å². The van der Waals surface area contributed by atoms with Gasteiger partial charge in [0.1, 0.15) is 17.8 Å². The molecule has 2 unspecified atom stereocenters. The number of ether oxygens (including phenoxy) is 1. The number of hydrogen-bond donors (Lipinski definition) is 5. The molecule has 0 aromatic heterocycles. The van der Waals surface area contributed by atoms with Gasteiger partial charge in [0.2, 0.25) is 17.7 Å². The zero-order chi connectivity index (χ0) is 42.0. The maximum atomic E-state index is 14.2. The molecular formula is C39H55N5O11. The molecule has 1 heterocycles. The third-order valence-corrected chi connectivity index (χ3v) is 9.45. The molecule has 4 atom stereocenters. The quantitative estimate of drug-likeness (QED) is 0.0591. The molecule has 0 spiro atoms. The normalized spacial score (nSPS) is 15.6. The van der Waals surface area contributed by atoms with E-state index in [0.29, 0.717) is 5.56 Å². The number of benzene rings is 1. The number of nitrogens with zero attached hydrogens (tertiary/aromatic N) is 2. The molecule has 5 N–H and O–H groups in total. The zero-order valence-electron chi connectivity index (χ0n) is 33.2. The van der Waals surface area contributed by atoms with E-state index in [1.54, 1.807) is 44.4 Å². The number of esters is 1. The second kappa shape index (κ2) is 19.3. The fraction of sp³-hybridized carbons (Fsp3) is 0.538. The van der Waals surface area contributed by atoms with Gasteiger partial charge in [-0.1, -0.05) is 66.7 Å². The van der Waals surface area contributed by atoms with Crippen molar-refractivity contribution in [2.24, 2.45) is 11.3 Å². The van der Waals surface area contributed by atoms with E-state index < -0.39 is 88.9 Å². The van der Waals surface area contributed by atoms with E-state index >= 15 is 0 Å². The summed E-state index contributed by atoms with van der Waals surface area (Å²) in [6, 6.07) is 2.64. The molecule has 1 aromatic carbocycles. The first-order valence-corrected chi connectivity index (χ1v) is 17.9. The number of imide groups is 1. The van der Waals surface area contributed by atoms with Crippen molar-refractivity contribution in [3.8, 4) is 5.75 Å². The maximum absolute atomic E-state index is 14.2. The molecule has 0 bridgehead atoms. The summed E-state index contributed by atoms with van der Waals surface area (Å²) < 4.78 is 5.39. The van der Waals surface area contributed by atoms with Gasteiger partial charge >= 0.3 is 17.9 Å². The predicted octanol–water partition coefficient (Wildman–Crippen LogP) is 2.17. The number of aliphatic carboxylic acids is 2. The van der Waals surface area contributed by atoms with Crippen LogP contribution in [-0.4, -0.2) is 112 Å². The number of likely N-dealkylation sites (N-methyl/N-ethyl adjacent to an activating group) is 2. The monoisotopic (exact) mass is 769 g/mol. The maximum Gasteiger partial charge on any atom is 0.326 e. The molecule has 0 saturated heterocycles. The van der Waals surface area contributed by atoms with Crippen LogP contribution >= 0.6 is 0 Å². The van der Waals surface area contributed by atoms with E-state index in [4.69, 9.17) is 9.84 Å². The number of carbonyl (C=O) groups excluding carboxylic acids is 6. The molecule has 1 aliphatic rings. The van der Waals surface area contributed by atoms with Gasteiger partial charge in [0, 0.05) is 43.2 Å². The summed E-state index contributed by atoms with van der Waals surface area (Å²) in [6.45, 7) is 14.2. The smallest absolute Gasteiger partial charge is 0.326 e. The highest BCUT2D eigenvalue weighted by molar-refractivity contribution is 6.13. The molecule has 0 radical (unpaired) electrons. The Kier molecular flexibility index (Phi) is 16.0. The average molecular weight is 770 g/mol. The summed E-state index contributed by atoms with van der Waals surface area (Å²) >= 11 is 0. The van der Waals surface area contributed by atoms with Gasteiger partial charge < -0.3 is 35.8 Å². The topological polar surface area (TPSA) is 229 Å². The van der Waals surface area contributed by atoms with Crippen LogP contribution in [0.1, 0.15) is 80.2 Å². The summed E-state index contributed by atoms with van der Waals surface area (Å²) in [7, 11) is 3.18. The van der Waals surface area contributed by atoms with Crippen LogP contribution in [0.4, 0.5) is 0 Å². The van der Waals surface area contributed by atoms with E-state index in [2.05, 4.69) is 16.0 Å². The average Bonchev–Trinajstić information content (AvgIpc) is 3.41. The fourth-order valence-electron chi connectivity index (χ4n) is 6.08. The highest BCUT2D eigenvalue weighted by Gasteiger charge is 2.42. The van der Waals surface area contributed by atoms with E-state index in [1.165, 1.54) is 11.8 Å². The number of carboxylic acids is 2. The van der Waals surface area contributed by atoms with E-state index in [0.717, 1.165) is 17.1 Å². The molecule has 5 amide bonds. The van der Waals surface area contributed by atoms with Crippen LogP contribution in [0.3, 0.4) is 0 Å². The van der Waals surface area contributed by atoms with Crippen LogP contribution in [0, 0.1) is 11.3 Å². The minimum absolute atomic E-state index is 0.111. The summed E-state index contributed by atoms with van der Waals surface area (Å²) in [4.78, 5) is 102. The number of amides is 5. The van der Waals surface area contributed by atoms with Crippen LogP contribution in [-0.2, 0) is 43.8 Å². The summed E-state index contributed by atoms with van der Waals surface area (Å²) in [6.07, 6.45) is 2.87. The molecular weight excluding hydrogens is 714 g/mol. The molecule has 0 fully saturated rings. The van der Waals surface area contributed by atoms with E-state index in [-0.39, 0.29) is 36.6 Å². The Balaban J connectivity index is 2.22. The molecule has 16 heteroatoms. The second-order valence-corrected chi connectivity index (χ2v) is 15.5. The summed E-state index contributed by atoms with van der Waals surface area (Å²) in [5.41, 5.74) is -0.781. The predicted molar refractivity (Wildman–Crippen MR) is 201 cm³/mol. The SMILES string of the molecule is CNC(C(=O)NC(C(=O)N(C)[C@H](/C=C(\C)C(=O)N[C@H](CCC(=O)O)C(=O)O)C(C)C)C(C)(C)C)C(C)(C)c1ccc(OC(=O)CCN2C(=O)C=CC2=O)cc1. The largest absolute Gasteiger partial charge is 0.481 e. The first kappa shape index (κ1) is 45.8. The van der Waals surface area contributed by atoms with Crippen molar-refractivity contribution in [3.63, 3.8) is 0 Å². The standard InChI is InChI=1S/C39H55N5O11/c1-22(2)27(21-23(3)34(50)41-26(37(53)54)15-18-30(47)48)43(10)36(52)33(38(4,5)6)42-35(51)32(40-9)39(7,8)24-11-13-25(14-12-24)55-31(49)19-20-44-28(45)16-17-29(44)46/h11-14,16-17,21-22,26-27,32-33,40H,15,18-20H2,1-10H3,(H,41,50)(H,42,51)(H,47,48)(H,53,54)/b23-21+/t26-,27-,32?,33?/m1/s1. The van der Waals surface area contributed by atoms with Gasteiger partial charge in [-0.2, -0.15) is 0 Å². The van der Waals surface area contributed by atoms with Crippen molar-refractivity contribution in [2.75, 3.05) is 20.6 Å². The van der Waals surface area contributed by atoms with Gasteiger partial charge in [-0.25, -0.2) is 4.79 Å². The van der Waals surface area contributed by atoms with Gasteiger partial charge in [0.25, 0.3) is 11.8 Å². The molecule has 55 heavy (non-hydrogen) atoms. The molecule has 302 valence electrons. The molecule has 2 rings (SSSR count). The number of carboxylic acid groups (broad SMARTS) is 2. The highest BCUT2D eigenvalue weighted by atomic mass is 16.5. The molecule has 0 aliphatic carbocycles. The van der Waals surface area contributed by atoms with Crippen LogP contribution in [0.2, 0.25) is 0 Å². The van der Waals surface area contributed by atoms with Crippen molar-refractivity contribution in [3.05, 3.63) is 53.6 Å². The Morgan fingerprint density at radius 1 is 0.891 bits per heavy atom. The van der Waals surface area contributed by atoms with Crippen LogP contribution in [0.25, 0.3) is 0 Å². The fourth-order valence-corrected chi connectivity index (χ4v) is 6.08. The molecule has 0 saturated carbocycles. The van der Waals surface area contributed by atoms with E-state index in [1.807, 2.05) is 48.5 Å².